The first-order valence-corrected chi connectivity index (χ1v) is 10.4. The van der Waals surface area contributed by atoms with Crippen molar-refractivity contribution < 1.29 is 19.1 Å². The van der Waals surface area contributed by atoms with Crippen LogP contribution >= 0.6 is 11.6 Å². The van der Waals surface area contributed by atoms with Gasteiger partial charge in [0.2, 0.25) is 5.91 Å². The van der Waals surface area contributed by atoms with E-state index in [1.54, 1.807) is 37.1 Å². The number of halogens is 1. The molecule has 3 amide bonds. The Hall–Kier alpha value is -3.13. The molecule has 1 atom stereocenters. The highest BCUT2D eigenvalue weighted by atomic mass is 35.5. The largest absolute Gasteiger partial charge is 0.497 e. The summed E-state index contributed by atoms with van der Waals surface area (Å²) in [6.07, 6.45) is 0. The minimum atomic E-state index is -0.724. The predicted molar refractivity (Wildman–Crippen MR) is 121 cm³/mol. The maximum atomic E-state index is 12.6. The van der Waals surface area contributed by atoms with Gasteiger partial charge in [0.25, 0.3) is 0 Å². The highest BCUT2D eigenvalue weighted by Gasteiger charge is 2.24. The number of hydrogen-bond acceptors (Lipinski definition) is 5. The van der Waals surface area contributed by atoms with Gasteiger partial charge in [-0.25, -0.2) is 4.79 Å². The number of nitrogens with zero attached hydrogens (tertiary/aromatic N) is 2. The smallest absolute Gasteiger partial charge is 0.318 e. The Labute approximate surface area is 187 Å². The quantitative estimate of drug-likeness (QED) is 0.711. The average molecular weight is 447 g/mol. The van der Waals surface area contributed by atoms with E-state index in [0.29, 0.717) is 48.4 Å². The maximum absolute atomic E-state index is 12.6. The van der Waals surface area contributed by atoms with Crippen LogP contribution in [0, 0.1) is 0 Å². The first-order valence-electron chi connectivity index (χ1n) is 10.00. The normalized spacial score (nSPS) is 14.6. The van der Waals surface area contributed by atoms with Crippen molar-refractivity contribution in [2.45, 2.75) is 13.0 Å². The molecule has 0 radical (unpaired) electrons. The van der Waals surface area contributed by atoms with Gasteiger partial charge < -0.3 is 29.9 Å². The number of benzene rings is 2. The summed E-state index contributed by atoms with van der Waals surface area (Å²) in [6.45, 7) is 4.18. The minimum absolute atomic E-state index is 0.268. The molecule has 3 rings (SSSR count). The van der Waals surface area contributed by atoms with Crippen LogP contribution in [0.25, 0.3) is 0 Å². The van der Waals surface area contributed by atoms with Crippen LogP contribution in [-0.4, -0.2) is 63.3 Å². The van der Waals surface area contributed by atoms with Gasteiger partial charge in [-0.3, -0.25) is 4.79 Å². The Kier molecular flexibility index (Phi) is 7.46. The molecule has 1 heterocycles. The second-order valence-electron chi connectivity index (χ2n) is 7.18. The van der Waals surface area contributed by atoms with E-state index in [1.165, 1.54) is 7.11 Å². The van der Waals surface area contributed by atoms with Gasteiger partial charge in [0.15, 0.2) is 0 Å². The van der Waals surface area contributed by atoms with Crippen molar-refractivity contribution in [3.05, 3.63) is 47.5 Å². The van der Waals surface area contributed by atoms with E-state index in [-0.39, 0.29) is 11.9 Å². The van der Waals surface area contributed by atoms with Crippen molar-refractivity contribution in [3.63, 3.8) is 0 Å². The molecule has 2 aromatic carbocycles. The van der Waals surface area contributed by atoms with Crippen LogP contribution in [0.5, 0.6) is 11.5 Å². The number of amides is 3. The summed E-state index contributed by atoms with van der Waals surface area (Å²) < 4.78 is 10.5. The average Bonchev–Trinajstić information content (AvgIpc) is 2.79. The second kappa shape index (κ2) is 10.3. The van der Waals surface area contributed by atoms with Gasteiger partial charge >= 0.3 is 6.03 Å². The predicted octanol–water partition coefficient (Wildman–Crippen LogP) is 3.22. The SMILES string of the molecule is COc1ccc(OC)c(NC(=O)C(C)NC(=O)N2CCN(c3ccc(Cl)cc3)CC2)c1. The molecule has 9 heteroatoms. The molecule has 2 aromatic rings. The third-order valence-corrected chi connectivity index (χ3v) is 5.41. The minimum Gasteiger partial charge on any atom is -0.497 e. The Balaban J connectivity index is 1.52. The second-order valence-corrected chi connectivity index (χ2v) is 7.61. The molecule has 1 aliphatic rings. The molecule has 1 saturated heterocycles. The Morgan fingerprint density at radius 2 is 1.68 bits per heavy atom. The van der Waals surface area contributed by atoms with Gasteiger partial charge in [0.05, 0.1) is 19.9 Å². The lowest BCUT2D eigenvalue weighted by atomic mass is 10.2. The molecule has 166 valence electrons. The zero-order chi connectivity index (χ0) is 22.4. The fraction of sp³-hybridized carbons (Fsp3) is 0.364. The van der Waals surface area contributed by atoms with Crippen LogP contribution in [0.1, 0.15) is 6.92 Å². The van der Waals surface area contributed by atoms with E-state index >= 15 is 0 Å². The van der Waals surface area contributed by atoms with E-state index in [9.17, 15) is 9.59 Å². The number of anilines is 2. The van der Waals surface area contributed by atoms with Crippen LogP contribution in [-0.2, 0) is 4.79 Å². The number of methoxy groups -OCH3 is 2. The van der Waals surface area contributed by atoms with Crippen molar-refractivity contribution in [2.24, 2.45) is 0 Å². The lowest BCUT2D eigenvalue weighted by Gasteiger charge is -2.36. The molecule has 2 N–H and O–H groups in total. The number of carbonyl (C=O) groups excluding carboxylic acids is 2. The molecule has 31 heavy (non-hydrogen) atoms. The molecular weight excluding hydrogens is 420 g/mol. The maximum Gasteiger partial charge on any atom is 0.318 e. The molecule has 8 nitrogen and oxygen atoms in total. The number of rotatable bonds is 6. The van der Waals surface area contributed by atoms with Crippen LogP contribution in [0.4, 0.5) is 16.2 Å². The number of urea groups is 1. The van der Waals surface area contributed by atoms with E-state index in [4.69, 9.17) is 21.1 Å². The summed E-state index contributed by atoms with van der Waals surface area (Å²) in [5.41, 5.74) is 1.55. The van der Waals surface area contributed by atoms with Crippen molar-refractivity contribution in [1.82, 2.24) is 10.2 Å². The van der Waals surface area contributed by atoms with Gasteiger partial charge in [-0.15, -0.1) is 0 Å². The zero-order valence-corrected chi connectivity index (χ0v) is 18.6. The first-order chi connectivity index (χ1) is 14.9. The standard InChI is InChI=1S/C22H27ClN4O4/c1-15(21(28)25-19-14-18(30-2)8-9-20(19)31-3)24-22(29)27-12-10-26(11-13-27)17-6-4-16(23)5-7-17/h4-9,14-15H,10-13H2,1-3H3,(H,24,29)(H,25,28). The summed E-state index contributed by atoms with van der Waals surface area (Å²) in [6, 6.07) is 11.8. The highest BCUT2D eigenvalue weighted by Crippen LogP contribution is 2.29. The number of nitrogens with one attached hydrogen (secondary N) is 2. The Morgan fingerprint density at radius 3 is 2.29 bits per heavy atom. The van der Waals surface area contributed by atoms with E-state index in [1.807, 2.05) is 24.3 Å². The molecule has 1 aliphatic heterocycles. The lowest BCUT2D eigenvalue weighted by molar-refractivity contribution is -0.117. The fourth-order valence-corrected chi connectivity index (χ4v) is 3.44. The summed E-state index contributed by atoms with van der Waals surface area (Å²) in [5, 5.41) is 6.24. The first kappa shape index (κ1) is 22.6. The number of carbonyl (C=O) groups is 2. The Bertz CT molecular complexity index is 914. The van der Waals surface area contributed by atoms with Crippen LogP contribution < -0.4 is 25.0 Å². The summed E-state index contributed by atoms with van der Waals surface area (Å²) in [4.78, 5) is 29.1. The van der Waals surface area contributed by atoms with E-state index < -0.39 is 6.04 Å². The molecule has 0 aromatic heterocycles. The van der Waals surface area contributed by atoms with Crippen LogP contribution in [0.15, 0.2) is 42.5 Å². The molecular formula is C22H27ClN4O4. The number of hydrogen-bond donors (Lipinski definition) is 2. The monoisotopic (exact) mass is 446 g/mol. The van der Waals surface area contributed by atoms with E-state index in [0.717, 1.165) is 5.69 Å². The molecule has 1 fully saturated rings. The number of ether oxygens (including phenoxy) is 2. The molecule has 0 saturated carbocycles. The van der Waals surface area contributed by atoms with Crippen LogP contribution in [0.3, 0.4) is 0 Å². The van der Waals surface area contributed by atoms with Gasteiger partial charge in [-0.1, -0.05) is 11.6 Å². The van der Waals surface area contributed by atoms with Crippen molar-refractivity contribution in [2.75, 3.05) is 50.6 Å². The van der Waals surface area contributed by atoms with Gasteiger partial charge in [-0.05, 0) is 43.3 Å². The molecule has 0 spiro atoms. The van der Waals surface area contributed by atoms with Gasteiger partial charge in [0, 0.05) is 43.0 Å². The zero-order valence-electron chi connectivity index (χ0n) is 17.9. The molecule has 0 bridgehead atoms. The molecule has 0 aliphatic carbocycles. The van der Waals surface area contributed by atoms with Crippen molar-refractivity contribution in [1.29, 1.82) is 0 Å². The third kappa shape index (κ3) is 5.73. The van der Waals surface area contributed by atoms with Crippen molar-refractivity contribution in [3.8, 4) is 11.5 Å². The van der Waals surface area contributed by atoms with Crippen LogP contribution in [0.2, 0.25) is 5.02 Å². The summed E-state index contributed by atoms with van der Waals surface area (Å²) >= 11 is 5.95. The highest BCUT2D eigenvalue weighted by molar-refractivity contribution is 6.30. The topological polar surface area (TPSA) is 83.1 Å². The van der Waals surface area contributed by atoms with Crippen molar-refractivity contribution >= 4 is 34.9 Å². The third-order valence-electron chi connectivity index (χ3n) is 5.16. The summed E-state index contributed by atoms with van der Waals surface area (Å²) in [7, 11) is 3.06. The van der Waals surface area contributed by atoms with E-state index in [2.05, 4.69) is 15.5 Å². The molecule has 1 unspecified atom stereocenters. The summed E-state index contributed by atoms with van der Waals surface area (Å²) in [5.74, 6) is 0.747. The number of piperazine rings is 1. The Morgan fingerprint density at radius 1 is 1.00 bits per heavy atom. The lowest BCUT2D eigenvalue weighted by Crippen LogP contribution is -2.54. The van der Waals surface area contributed by atoms with Gasteiger partial charge in [-0.2, -0.15) is 0 Å². The fourth-order valence-electron chi connectivity index (χ4n) is 3.31. The van der Waals surface area contributed by atoms with Gasteiger partial charge in [0.1, 0.15) is 17.5 Å².